The number of carbonyl (C=O) groups excluding carboxylic acids is 1. The predicted molar refractivity (Wildman–Crippen MR) is 70.8 cm³/mol. The van der Waals surface area contributed by atoms with E-state index in [1.807, 2.05) is 30.3 Å². The summed E-state index contributed by atoms with van der Waals surface area (Å²) < 4.78 is 4.75. The second-order valence-corrected chi connectivity index (χ2v) is 4.32. The van der Waals surface area contributed by atoms with Crippen molar-refractivity contribution in [3.05, 3.63) is 35.9 Å². The first-order chi connectivity index (χ1) is 9.11. The van der Waals surface area contributed by atoms with E-state index in [1.54, 1.807) is 0 Å². The smallest absolute Gasteiger partial charge is 0.303 e. The van der Waals surface area contributed by atoms with E-state index in [-0.39, 0.29) is 25.0 Å². The van der Waals surface area contributed by atoms with Crippen LogP contribution in [0, 0.1) is 0 Å². The molecule has 5 heteroatoms. The lowest BCUT2D eigenvalue weighted by atomic mass is 10.0. The average molecular weight is 265 g/mol. The topological polar surface area (TPSA) is 75.6 Å². The van der Waals surface area contributed by atoms with E-state index in [1.165, 1.54) is 7.11 Å². The summed E-state index contributed by atoms with van der Waals surface area (Å²) in [5, 5.41) is 11.5. The van der Waals surface area contributed by atoms with Crippen LogP contribution in [0.3, 0.4) is 0 Å². The van der Waals surface area contributed by atoms with Crippen LogP contribution in [-0.2, 0) is 20.7 Å². The van der Waals surface area contributed by atoms with E-state index in [0.717, 1.165) is 5.56 Å². The summed E-state index contributed by atoms with van der Waals surface area (Å²) in [6.45, 7) is -0.0155. The third-order valence-corrected chi connectivity index (χ3v) is 2.67. The second kappa shape index (κ2) is 8.26. The van der Waals surface area contributed by atoms with Crippen LogP contribution in [0.4, 0.5) is 0 Å². The van der Waals surface area contributed by atoms with Gasteiger partial charge in [-0.25, -0.2) is 0 Å². The number of amides is 1. The summed E-state index contributed by atoms with van der Waals surface area (Å²) >= 11 is 0. The Hall–Kier alpha value is -1.88. The highest BCUT2D eigenvalue weighted by atomic mass is 16.5. The molecule has 1 amide bonds. The minimum absolute atomic E-state index is 0.0155. The van der Waals surface area contributed by atoms with Crippen LogP contribution in [0.5, 0.6) is 0 Å². The Bertz CT molecular complexity index is 405. The molecule has 0 aliphatic carbocycles. The van der Waals surface area contributed by atoms with Gasteiger partial charge in [0.05, 0.1) is 0 Å². The van der Waals surface area contributed by atoms with Gasteiger partial charge in [0, 0.05) is 19.6 Å². The van der Waals surface area contributed by atoms with Crippen LogP contribution in [0.2, 0.25) is 0 Å². The molecule has 1 rings (SSSR count). The Morgan fingerprint density at radius 2 is 2.00 bits per heavy atom. The van der Waals surface area contributed by atoms with Gasteiger partial charge in [0.15, 0.2) is 0 Å². The van der Waals surface area contributed by atoms with Crippen molar-refractivity contribution in [2.45, 2.75) is 25.3 Å². The zero-order valence-electron chi connectivity index (χ0n) is 11.0. The predicted octanol–water partition coefficient (Wildman–Crippen LogP) is 1.23. The molecule has 1 aromatic rings. The van der Waals surface area contributed by atoms with E-state index >= 15 is 0 Å². The zero-order chi connectivity index (χ0) is 14.1. The lowest BCUT2D eigenvalue weighted by molar-refractivity contribution is -0.137. The third-order valence-electron chi connectivity index (χ3n) is 2.67. The maximum absolute atomic E-state index is 11.5. The molecular weight excluding hydrogens is 246 g/mol. The number of ether oxygens (including phenoxy) is 1. The molecule has 0 saturated carbocycles. The molecule has 5 nitrogen and oxygen atoms in total. The Morgan fingerprint density at radius 1 is 1.32 bits per heavy atom. The second-order valence-electron chi connectivity index (χ2n) is 4.32. The molecule has 1 aromatic carbocycles. The van der Waals surface area contributed by atoms with Gasteiger partial charge in [-0.15, -0.1) is 0 Å². The highest BCUT2D eigenvalue weighted by Crippen LogP contribution is 2.08. The number of aliphatic carboxylic acids is 1. The van der Waals surface area contributed by atoms with Gasteiger partial charge in [-0.3, -0.25) is 9.59 Å². The maximum atomic E-state index is 11.5. The number of carbonyl (C=O) groups is 2. The molecule has 0 heterocycles. The summed E-state index contributed by atoms with van der Waals surface area (Å²) in [6, 6.07) is 9.47. The van der Waals surface area contributed by atoms with Crippen LogP contribution in [-0.4, -0.2) is 36.7 Å². The number of rotatable bonds is 8. The lowest BCUT2D eigenvalue weighted by Crippen LogP contribution is -2.38. The average Bonchev–Trinajstić information content (AvgIpc) is 2.37. The third kappa shape index (κ3) is 6.57. The number of hydrogen-bond donors (Lipinski definition) is 2. The van der Waals surface area contributed by atoms with Crippen LogP contribution >= 0.6 is 0 Å². The van der Waals surface area contributed by atoms with Crippen molar-refractivity contribution >= 4 is 11.9 Å². The summed E-state index contributed by atoms with van der Waals surface area (Å²) in [5.74, 6) is -1.09. The molecule has 0 saturated heterocycles. The fourth-order valence-corrected chi connectivity index (χ4v) is 1.82. The van der Waals surface area contributed by atoms with Crippen LogP contribution in [0.15, 0.2) is 30.3 Å². The minimum atomic E-state index is -0.862. The van der Waals surface area contributed by atoms with Crippen LogP contribution in [0.25, 0.3) is 0 Å². The number of carboxylic acids is 1. The molecule has 2 N–H and O–H groups in total. The van der Waals surface area contributed by atoms with Gasteiger partial charge in [0.1, 0.15) is 6.61 Å². The van der Waals surface area contributed by atoms with Crippen molar-refractivity contribution in [3.8, 4) is 0 Å². The molecule has 1 atom stereocenters. The number of methoxy groups -OCH3 is 1. The molecule has 0 aliphatic rings. The highest BCUT2D eigenvalue weighted by molar-refractivity contribution is 5.77. The number of benzene rings is 1. The normalized spacial score (nSPS) is 11.8. The Balaban J connectivity index is 2.58. The van der Waals surface area contributed by atoms with Crippen molar-refractivity contribution in [2.24, 2.45) is 0 Å². The molecule has 0 fully saturated rings. The van der Waals surface area contributed by atoms with Crippen molar-refractivity contribution in [2.75, 3.05) is 13.7 Å². The molecule has 104 valence electrons. The first-order valence-corrected chi connectivity index (χ1v) is 6.16. The molecule has 0 aromatic heterocycles. The molecule has 0 spiro atoms. The molecule has 19 heavy (non-hydrogen) atoms. The van der Waals surface area contributed by atoms with Gasteiger partial charge < -0.3 is 15.2 Å². The molecular formula is C14H19NO4. The molecule has 0 aliphatic heterocycles. The van der Waals surface area contributed by atoms with Gasteiger partial charge >= 0.3 is 5.97 Å². The lowest BCUT2D eigenvalue weighted by Gasteiger charge is -2.18. The minimum Gasteiger partial charge on any atom is -0.481 e. The first-order valence-electron chi connectivity index (χ1n) is 6.16. The van der Waals surface area contributed by atoms with Crippen molar-refractivity contribution in [1.29, 1.82) is 0 Å². The largest absolute Gasteiger partial charge is 0.481 e. The van der Waals surface area contributed by atoms with Gasteiger partial charge in [0.25, 0.3) is 0 Å². The van der Waals surface area contributed by atoms with E-state index < -0.39 is 5.97 Å². The molecule has 1 unspecified atom stereocenters. The number of nitrogens with one attached hydrogen (secondary N) is 1. The number of carboxylic acid groups (broad SMARTS) is 1. The van der Waals surface area contributed by atoms with Gasteiger partial charge in [0.2, 0.25) is 5.91 Å². The van der Waals surface area contributed by atoms with E-state index in [9.17, 15) is 9.59 Å². The van der Waals surface area contributed by atoms with E-state index in [2.05, 4.69) is 5.32 Å². The van der Waals surface area contributed by atoms with Gasteiger partial charge in [-0.05, 0) is 18.4 Å². The van der Waals surface area contributed by atoms with E-state index in [4.69, 9.17) is 9.84 Å². The quantitative estimate of drug-likeness (QED) is 0.741. The monoisotopic (exact) mass is 265 g/mol. The summed E-state index contributed by atoms with van der Waals surface area (Å²) in [5.41, 5.74) is 1.07. The van der Waals surface area contributed by atoms with Crippen LogP contribution in [0.1, 0.15) is 18.4 Å². The zero-order valence-corrected chi connectivity index (χ0v) is 11.0. The maximum Gasteiger partial charge on any atom is 0.303 e. The number of hydrogen-bond acceptors (Lipinski definition) is 3. The molecule has 0 bridgehead atoms. The standard InChI is InChI=1S/C14H19NO4/c1-19-10-13(16)15-12(7-8-14(17)18)9-11-5-3-2-4-6-11/h2-6,12H,7-10H2,1H3,(H,15,16)(H,17,18). The summed E-state index contributed by atoms with van der Waals surface area (Å²) in [6.07, 6.45) is 1.05. The summed E-state index contributed by atoms with van der Waals surface area (Å²) in [4.78, 5) is 22.1. The Morgan fingerprint density at radius 3 is 2.58 bits per heavy atom. The van der Waals surface area contributed by atoms with Gasteiger partial charge in [-0.2, -0.15) is 0 Å². The fourth-order valence-electron chi connectivity index (χ4n) is 1.82. The fraction of sp³-hybridized carbons (Fsp3) is 0.429. The first kappa shape index (κ1) is 15.2. The van der Waals surface area contributed by atoms with Crippen molar-refractivity contribution in [1.82, 2.24) is 5.32 Å². The Kier molecular flexibility index (Phi) is 6.60. The van der Waals surface area contributed by atoms with Gasteiger partial charge in [-0.1, -0.05) is 30.3 Å². The highest BCUT2D eigenvalue weighted by Gasteiger charge is 2.14. The van der Waals surface area contributed by atoms with Crippen molar-refractivity contribution < 1.29 is 19.4 Å². The Labute approximate surface area is 112 Å². The SMILES string of the molecule is COCC(=O)NC(CCC(=O)O)Cc1ccccc1. The molecule has 0 radical (unpaired) electrons. The summed E-state index contributed by atoms with van der Waals surface area (Å²) in [7, 11) is 1.45. The van der Waals surface area contributed by atoms with E-state index in [0.29, 0.717) is 12.8 Å². The van der Waals surface area contributed by atoms with Crippen molar-refractivity contribution in [3.63, 3.8) is 0 Å². The van der Waals surface area contributed by atoms with Crippen LogP contribution < -0.4 is 5.32 Å².